The Balaban J connectivity index is 1.66. The molecular formula is C18H31N3O. The van der Waals surface area contributed by atoms with Crippen LogP contribution in [0, 0.1) is 0 Å². The first-order valence-corrected chi connectivity index (χ1v) is 8.43. The fraction of sp³-hybridized carbons (Fsp3) is 0.667. The van der Waals surface area contributed by atoms with Gasteiger partial charge in [-0.3, -0.25) is 0 Å². The van der Waals surface area contributed by atoms with Crippen molar-refractivity contribution in [3.63, 3.8) is 0 Å². The monoisotopic (exact) mass is 305 g/mol. The Morgan fingerprint density at radius 1 is 1.27 bits per heavy atom. The summed E-state index contributed by atoms with van der Waals surface area (Å²) in [5.74, 6) is 0. The van der Waals surface area contributed by atoms with Crippen molar-refractivity contribution in [2.75, 3.05) is 33.4 Å². The third-order valence-electron chi connectivity index (χ3n) is 4.09. The maximum atomic E-state index is 5.52. The predicted octanol–water partition coefficient (Wildman–Crippen LogP) is 1.86. The predicted molar refractivity (Wildman–Crippen MR) is 92.1 cm³/mol. The van der Waals surface area contributed by atoms with Gasteiger partial charge in [-0.25, -0.2) is 0 Å². The molecule has 1 aliphatic rings. The van der Waals surface area contributed by atoms with Crippen LogP contribution < -0.4 is 10.6 Å². The highest BCUT2D eigenvalue weighted by atomic mass is 16.5. The Morgan fingerprint density at radius 2 is 2.05 bits per heavy atom. The van der Waals surface area contributed by atoms with E-state index in [4.69, 9.17) is 4.74 Å². The van der Waals surface area contributed by atoms with Gasteiger partial charge in [0.2, 0.25) is 0 Å². The lowest BCUT2D eigenvalue weighted by Crippen LogP contribution is -2.48. The molecule has 0 spiro atoms. The summed E-state index contributed by atoms with van der Waals surface area (Å²) >= 11 is 0. The molecule has 3 unspecified atom stereocenters. The number of hydrogen-bond acceptors (Lipinski definition) is 4. The topological polar surface area (TPSA) is 36.5 Å². The van der Waals surface area contributed by atoms with Crippen LogP contribution in [-0.2, 0) is 11.3 Å². The van der Waals surface area contributed by atoms with E-state index in [-0.39, 0.29) is 0 Å². The highest BCUT2D eigenvalue weighted by Gasteiger charge is 2.17. The van der Waals surface area contributed by atoms with Crippen LogP contribution in [0.5, 0.6) is 0 Å². The van der Waals surface area contributed by atoms with E-state index in [0.29, 0.717) is 18.1 Å². The lowest BCUT2D eigenvalue weighted by molar-refractivity contribution is 0.0706. The van der Waals surface area contributed by atoms with Crippen molar-refractivity contribution < 1.29 is 4.74 Å². The van der Waals surface area contributed by atoms with Gasteiger partial charge in [-0.2, -0.15) is 0 Å². The lowest BCUT2D eigenvalue weighted by Gasteiger charge is -2.29. The molecule has 1 fully saturated rings. The molecule has 0 aromatic heterocycles. The van der Waals surface area contributed by atoms with Crippen LogP contribution in [0.1, 0.15) is 25.8 Å². The first kappa shape index (κ1) is 17.4. The summed E-state index contributed by atoms with van der Waals surface area (Å²) in [6, 6.07) is 12.1. The van der Waals surface area contributed by atoms with Crippen LogP contribution in [0.3, 0.4) is 0 Å². The van der Waals surface area contributed by atoms with Gasteiger partial charge in [0.25, 0.3) is 0 Å². The third-order valence-corrected chi connectivity index (χ3v) is 4.09. The van der Waals surface area contributed by atoms with Gasteiger partial charge in [-0.15, -0.1) is 0 Å². The van der Waals surface area contributed by atoms with E-state index in [1.165, 1.54) is 5.56 Å². The molecule has 2 N–H and O–H groups in total. The van der Waals surface area contributed by atoms with Gasteiger partial charge in [0.15, 0.2) is 0 Å². The molecule has 0 bridgehead atoms. The molecule has 1 heterocycles. The number of morpholine rings is 1. The van der Waals surface area contributed by atoms with Gasteiger partial charge in [0.1, 0.15) is 0 Å². The van der Waals surface area contributed by atoms with Crippen LogP contribution >= 0.6 is 0 Å². The van der Waals surface area contributed by atoms with Gasteiger partial charge >= 0.3 is 0 Å². The maximum Gasteiger partial charge on any atom is 0.0620 e. The average Bonchev–Trinajstić information content (AvgIpc) is 2.48. The number of benzene rings is 1. The van der Waals surface area contributed by atoms with Crippen molar-refractivity contribution in [3.05, 3.63) is 35.9 Å². The first-order valence-electron chi connectivity index (χ1n) is 8.43. The number of hydrogen-bond donors (Lipinski definition) is 2. The minimum Gasteiger partial charge on any atom is -0.379 e. The van der Waals surface area contributed by atoms with E-state index in [9.17, 15) is 0 Å². The van der Waals surface area contributed by atoms with Crippen molar-refractivity contribution in [1.82, 2.24) is 15.5 Å². The van der Waals surface area contributed by atoms with Gasteiger partial charge in [0, 0.05) is 37.8 Å². The van der Waals surface area contributed by atoms with E-state index in [0.717, 1.165) is 39.3 Å². The Morgan fingerprint density at radius 3 is 2.73 bits per heavy atom. The Labute approximate surface area is 135 Å². The van der Waals surface area contributed by atoms with Crippen molar-refractivity contribution in [3.8, 4) is 0 Å². The molecule has 0 saturated carbocycles. The van der Waals surface area contributed by atoms with Crippen molar-refractivity contribution in [2.24, 2.45) is 0 Å². The van der Waals surface area contributed by atoms with Crippen LogP contribution in [0.25, 0.3) is 0 Å². The second kappa shape index (κ2) is 9.26. The summed E-state index contributed by atoms with van der Waals surface area (Å²) in [5.41, 5.74) is 1.37. The molecule has 2 rings (SSSR count). The maximum absolute atomic E-state index is 5.52. The second-order valence-electron chi connectivity index (χ2n) is 6.61. The first-order chi connectivity index (χ1) is 10.6. The van der Waals surface area contributed by atoms with Gasteiger partial charge in [0.05, 0.1) is 13.2 Å². The molecule has 1 aliphatic heterocycles. The number of ether oxygens (including phenoxy) is 1. The summed E-state index contributed by atoms with van der Waals surface area (Å²) in [5, 5.41) is 7.23. The molecule has 1 saturated heterocycles. The summed E-state index contributed by atoms with van der Waals surface area (Å²) in [6.45, 7) is 9.25. The SMILES string of the molecule is CC(CC1COCCN1)NC(C)CN(C)Cc1ccccc1. The molecule has 124 valence electrons. The molecule has 4 nitrogen and oxygen atoms in total. The van der Waals surface area contributed by atoms with E-state index in [2.05, 4.69) is 66.8 Å². The van der Waals surface area contributed by atoms with E-state index >= 15 is 0 Å². The standard InChI is InChI=1S/C18H31N3O/c1-15(11-18-14-22-10-9-19-18)20-16(2)12-21(3)13-17-7-5-4-6-8-17/h4-8,15-16,18-20H,9-14H2,1-3H3. The number of nitrogens with zero attached hydrogens (tertiary/aromatic N) is 1. The smallest absolute Gasteiger partial charge is 0.0620 e. The minimum absolute atomic E-state index is 0.480. The fourth-order valence-corrected chi connectivity index (χ4v) is 3.23. The molecule has 4 heteroatoms. The van der Waals surface area contributed by atoms with Crippen LogP contribution in [0.4, 0.5) is 0 Å². The largest absolute Gasteiger partial charge is 0.379 e. The quantitative estimate of drug-likeness (QED) is 0.769. The van der Waals surface area contributed by atoms with Crippen molar-refractivity contribution in [1.29, 1.82) is 0 Å². The number of nitrogens with one attached hydrogen (secondary N) is 2. The Hall–Kier alpha value is -0.940. The average molecular weight is 305 g/mol. The Kier molecular flexibility index (Phi) is 7.33. The number of likely N-dealkylation sites (N-methyl/N-ethyl adjacent to an activating group) is 1. The molecule has 0 aliphatic carbocycles. The summed E-state index contributed by atoms with van der Waals surface area (Å²) < 4.78 is 5.52. The zero-order chi connectivity index (χ0) is 15.8. The highest BCUT2D eigenvalue weighted by molar-refractivity contribution is 5.14. The van der Waals surface area contributed by atoms with Crippen LogP contribution in [-0.4, -0.2) is 56.4 Å². The molecule has 22 heavy (non-hydrogen) atoms. The van der Waals surface area contributed by atoms with Crippen LogP contribution in [0.15, 0.2) is 30.3 Å². The minimum atomic E-state index is 0.480. The Bertz CT molecular complexity index is 406. The van der Waals surface area contributed by atoms with Gasteiger partial charge < -0.3 is 20.3 Å². The zero-order valence-electron chi connectivity index (χ0n) is 14.2. The third kappa shape index (κ3) is 6.44. The second-order valence-corrected chi connectivity index (χ2v) is 6.61. The van der Waals surface area contributed by atoms with E-state index in [1.54, 1.807) is 0 Å². The number of rotatable bonds is 8. The van der Waals surface area contributed by atoms with Crippen LogP contribution in [0.2, 0.25) is 0 Å². The van der Waals surface area contributed by atoms with E-state index < -0.39 is 0 Å². The molecule has 1 aromatic carbocycles. The molecule has 3 atom stereocenters. The van der Waals surface area contributed by atoms with Gasteiger partial charge in [-0.1, -0.05) is 30.3 Å². The summed E-state index contributed by atoms with van der Waals surface area (Å²) in [6.07, 6.45) is 1.12. The molecule has 1 aromatic rings. The summed E-state index contributed by atoms with van der Waals surface area (Å²) in [7, 11) is 2.19. The van der Waals surface area contributed by atoms with Crippen molar-refractivity contribution in [2.45, 2.75) is 44.9 Å². The highest BCUT2D eigenvalue weighted by Crippen LogP contribution is 2.06. The lowest BCUT2D eigenvalue weighted by atomic mass is 10.1. The van der Waals surface area contributed by atoms with E-state index in [1.807, 2.05) is 0 Å². The van der Waals surface area contributed by atoms with Crippen molar-refractivity contribution >= 4 is 0 Å². The summed E-state index contributed by atoms with van der Waals surface area (Å²) in [4.78, 5) is 2.38. The zero-order valence-corrected chi connectivity index (χ0v) is 14.2. The molecule has 0 radical (unpaired) electrons. The van der Waals surface area contributed by atoms with Gasteiger partial charge in [-0.05, 0) is 32.9 Å². The molecular weight excluding hydrogens is 274 g/mol. The normalized spacial score (nSPS) is 21.7. The fourth-order valence-electron chi connectivity index (χ4n) is 3.23. The molecule has 0 amide bonds.